The molecule has 2 atom stereocenters. The van der Waals surface area contributed by atoms with Crippen molar-refractivity contribution in [3.05, 3.63) is 30.2 Å². The van der Waals surface area contributed by atoms with Gasteiger partial charge in [-0.2, -0.15) is 0 Å². The third-order valence-electron chi connectivity index (χ3n) is 2.88. The topological polar surface area (TPSA) is 25.2 Å². The molecule has 2 nitrogen and oxygen atoms in total. The molecule has 15 heavy (non-hydrogen) atoms. The standard InChI is InChI=1S/C13H21NO/c1-4-11(2)12(3)14-9-5-7-13-8-6-10-15-13/h5-8,10-12,14H,4,9H2,1-3H3/b7-5+. The van der Waals surface area contributed by atoms with Crippen LogP contribution in [0.15, 0.2) is 28.9 Å². The van der Waals surface area contributed by atoms with Gasteiger partial charge in [0.2, 0.25) is 0 Å². The minimum atomic E-state index is 0.566. The van der Waals surface area contributed by atoms with E-state index in [9.17, 15) is 0 Å². The highest BCUT2D eigenvalue weighted by molar-refractivity contribution is 5.42. The summed E-state index contributed by atoms with van der Waals surface area (Å²) in [6, 6.07) is 4.42. The van der Waals surface area contributed by atoms with Crippen LogP contribution >= 0.6 is 0 Å². The summed E-state index contributed by atoms with van der Waals surface area (Å²) < 4.78 is 5.19. The number of hydrogen-bond acceptors (Lipinski definition) is 2. The van der Waals surface area contributed by atoms with E-state index in [2.05, 4.69) is 32.2 Å². The molecule has 0 aliphatic rings. The summed E-state index contributed by atoms with van der Waals surface area (Å²) in [6.07, 6.45) is 7.00. The second-order valence-electron chi connectivity index (χ2n) is 4.00. The lowest BCUT2D eigenvalue weighted by molar-refractivity contribution is 0.404. The fourth-order valence-corrected chi connectivity index (χ4v) is 1.37. The van der Waals surface area contributed by atoms with Crippen molar-refractivity contribution in [1.82, 2.24) is 5.32 Å². The van der Waals surface area contributed by atoms with Crippen LogP contribution in [0, 0.1) is 5.92 Å². The zero-order chi connectivity index (χ0) is 11.1. The molecule has 0 fully saturated rings. The summed E-state index contributed by atoms with van der Waals surface area (Å²) in [4.78, 5) is 0. The van der Waals surface area contributed by atoms with E-state index in [1.54, 1.807) is 6.26 Å². The molecule has 84 valence electrons. The molecule has 0 amide bonds. The molecule has 0 saturated heterocycles. The van der Waals surface area contributed by atoms with Crippen molar-refractivity contribution in [3.63, 3.8) is 0 Å². The van der Waals surface area contributed by atoms with E-state index in [4.69, 9.17) is 4.42 Å². The Morgan fingerprint density at radius 3 is 2.87 bits per heavy atom. The Hall–Kier alpha value is -1.02. The second kappa shape index (κ2) is 6.46. The summed E-state index contributed by atoms with van der Waals surface area (Å²) in [5.41, 5.74) is 0. The van der Waals surface area contributed by atoms with Gasteiger partial charge in [0, 0.05) is 12.6 Å². The Balaban J connectivity index is 2.21. The maximum atomic E-state index is 5.19. The highest BCUT2D eigenvalue weighted by Crippen LogP contribution is 2.06. The molecule has 0 saturated carbocycles. The van der Waals surface area contributed by atoms with Gasteiger partial charge in [0.15, 0.2) is 0 Å². The number of nitrogens with one attached hydrogen (secondary N) is 1. The Bertz CT molecular complexity index is 277. The van der Waals surface area contributed by atoms with Crippen molar-refractivity contribution < 1.29 is 4.42 Å². The predicted octanol–water partition coefficient (Wildman–Crippen LogP) is 3.32. The highest BCUT2D eigenvalue weighted by Gasteiger charge is 2.07. The minimum Gasteiger partial charge on any atom is -0.465 e. The van der Waals surface area contributed by atoms with Gasteiger partial charge in [-0.15, -0.1) is 0 Å². The van der Waals surface area contributed by atoms with E-state index in [0.29, 0.717) is 6.04 Å². The fraction of sp³-hybridized carbons (Fsp3) is 0.538. The van der Waals surface area contributed by atoms with Crippen LogP contribution in [0.3, 0.4) is 0 Å². The first-order valence-corrected chi connectivity index (χ1v) is 5.67. The van der Waals surface area contributed by atoms with Crippen LogP contribution in [0.4, 0.5) is 0 Å². The van der Waals surface area contributed by atoms with Gasteiger partial charge >= 0.3 is 0 Å². The third kappa shape index (κ3) is 4.34. The quantitative estimate of drug-likeness (QED) is 0.774. The zero-order valence-corrected chi connectivity index (χ0v) is 9.86. The average molecular weight is 207 g/mol. The van der Waals surface area contributed by atoms with Crippen molar-refractivity contribution >= 4 is 6.08 Å². The molecule has 2 heteroatoms. The van der Waals surface area contributed by atoms with E-state index in [1.807, 2.05) is 18.2 Å². The first kappa shape index (κ1) is 12.1. The largest absolute Gasteiger partial charge is 0.465 e. The summed E-state index contributed by atoms with van der Waals surface area (Å²) in [5.74, 6) is 1.63. The lowest BCUT2D eigenvalue weighted by Gasteiger charge is -2.18. The molecule has 1 rings (SSSR count). The monoisotopic (exact) mass is 207 g/mol. The molecular formula is C13H21NO. The van der Waals surface area contributed by atoms with Crippen molar-refractivity contribution in [3.8, 4) is 0 Å². The van der Waals surface area contributed by atoms with Crippen molar-refractivity contribution in [2.24, 2.45) is 5.92 Å². The van der Waals surface area contributed by atoms with Gasteiger partial charge in [0.25, 0.3) is 0 Å². The van der Waals surface area contributed by atoms with Gasteiger partial charge in [-0.3, -0.25) is 0 Å². The molecule has 0 aliphatic carbocycles. The van der Waals surface area contributed by atoms with E-state index in [-0.39, 0.29) is 0 Å². The summed E-state index contributed by atoms with van der Waals surface area (Å²) in [5, 5.41) is 3.47. The van der Waals surface area contributed by atoms with Crippen LogP contribution in [-0.4, -0.2) is 12.6 Å². The average Bonchev–Trinajstić information content (AvgIpc) is 2.75. The van der Waals surface area contributed by atoms with Gasteiger partial charge in [-0.05, 0) is 31.1 Å². The first-order chi connectivity index (χ1) is 7.24. The highest BCUT2D eigenvalue weighted by atomic mass is 16.3. The fourth-order valence-electron chi connectivity index (χ4n) is 1.37. The lowest BCUT2D eigenvalue weighted by atomic mass is 10.0. The van der Waals surface area contributed by atoms with Crippen molar-refractivity contribution in [2.75, 3.05) is 6.54 Å². The maximum absolute atomic E-state index is 5.19. The Morgan fingerprint density at radius 1 is 1.47 bits per heavy atom. The molecule has 0 spiro atoms. The van der Waals surface area contributed by atoms with E-state index in [1.165, 1.54) is 6.42 Å². The normalized spacial score (nSPS) is 15.7. The number of rotatable bonds is 6. The van der Waals surface area contributed by atoms with Crippen LogP contribution in [0.2, 0.25) is 0 Å². The smallest absolute Gasteiger partial charge is 0.126 e. The molecule has 1 N–H and O–H groups in total. The van der Waals surface area contributed by atoms with Crippen LogP contribution in [0.5, 0.6) is 0 Å². The van der Waals surface area contributed by atoms with Crippen molar-refractivity contribution in [1.29, 1.82) is 0 Å². The number of hydrogen-bond donors (Lipinski definition) is 1. The van der Waals surface area contributed by atoms with E-state index < -0.39 is 0 Å². The maximum Gasteiger partial charge on any atom is 0.126 e. The second-order valence-corrected chi connectivity index (χ2v) is 4.00. The van der Waals surface area contributed by atoms with E-state index >= 15 is 0 Å². The molecule has 1 aromatic heterocycles. The van der Waals surface area contributed by atoms with Crippen LogP contribution in [0.25, 0.3) is 6.08 Å². The van der Waals surface area contributed by atoms with E-state index in [0.717, 1.165) is 18.2 Å². The van der Waals surface area contributed by atoms with Gasteiger partial charge in [0.1, 0.15) is 5.76 Å². The van der Waals surface area contributed by atoms with Crippen LogP contribution in [-0.2, 0) is 0 Å². The summed E-state index contributed by atoms with van der Waals surface area (Å²) in [7, 11) is 0. The lowest BCUT2D eigenvalue weighted by Crippen LogP contribution is -2.31. The molecule has 0 radical (unpaired) electrons. The molecule has 2 unspecified atom stereocenters. The molecule has 1 heterocycles. The predicted molar refractivity (Wildman–Crippen MR) is 64.7 cm³/mol. The third-order valence-corrected chi connectivity index (χ3v) is 2.88. The molecule has 0 bridgehead atoms. The van der Waals surface area contributed by atoms with Crippen LogP contribution in [0.1, 0.15) is 33.0 Å². The zero-order valence-electron chi connectivity index (χ0n) is 9.86. The summed E-state index contributed by atoms with van der Waals surface area (Å²) >= 11 is 0. The van der Waals surface area contributed by atoms with Gasteiger partial charge in [0.05, 0.1) is 6.26 Å². The molecule has 0 aromatic carbocycles. The summed E-state index contributed by atoms with van der Waals surface area (Å²) in [6.45, 7) is 7.62. The molecule has 1 aromatic rings. The minimum absolute atomic E-state index is 0.566. The first-order valence-electron chi connectivity index (χ1n) is 5.67. The molecular weight excluding hydrogens is 186 g/mol. The van der Waals surface area contributed by atoms with Gasteiger partial charge in [-0.1, -0.05) is 26.3 Å². The van der Waals surface area contributed by atoms with Crippen LogP contribution < -0.4 is 5.32 Å². The molecule has 0 aliphatic heterocycles. The Labute approximate surface area is 92.4 Å². The Morgan fingerprint density at radius 2 is 2.27 bits per heavy atom. The van der Waals surface area contributed by atoms with Gasteiger partial charge < -0.3 is 9.73 Å². The SMILES string of the molecule is CCC(C)C(C)NC/C=C/c1ccco1. The van der Waals surface area contributed by atoms with Gasteiger partial charge in [-0.25, -0.2) is 0 Å². The van der Waals surface area contributed by atoms with Crippen molar-refractivity contribution in [2.45, 2.75) is 33.2 Å². The Kier molecular flexibility index (Phi) is 5.19. The number of furan rings is 1.